The van der Waals surface area contributed by atoms with Gasteiger partial charge >= 0.3 is 5.97 Å². The van der Waals surface area contributed by atoms with Crippen molar-refractivity contribution in [2.75, 3.05) is 20.7 Å². The third kappa shape index (κ3) is 3.36. The van der Waals surface area contributed by atoms with E-state index < -0.39 is 0 Å². The first kappa shape index (κ1) is 16.2. The third-order valence-electron chi connectivity index (χ3n) is 3.06. The molecule has 0 aromatic carbocycles. The smallest absolute Gasteiger partial charge is 0.340 e. The largest absolute Gasteiger partial charge is 0.462 e. The number of aromatic amines is 1. The average Bonchev–Trinajstić information content (AvgIpc) is 3.01. The van der Waals surface area contributed by atoms with Gasteiger partial charge in [0.15, 0.2) is 0 Å². The Morgan fingerprint density at radius 1 is 1.50 bits per heavy atom. The summed E-state index contributed by atoms with van der Waals surface area (Å²) in [5, 5.41) is 2.60. The molecule has 0 aliphatic heterocycles. The number of thiazole rings is 1. The summed E-state index contributed by atoms with van der Waals surface area (Å²) >= 11 is 1.46. The molecule has 0 saturated heterocycles. The number of carbonyl (C=O) groups is 1. The molecular formula is C15H20N4O2S. The lowest BCUT2D eigenvalue weighted by Crippen LogP contribution is -2.06. The van der Waals surface area contributed by atoms with Gasteiger partial charge in [0.1, 0.15) is 5.69 Å². The van der Waals surface area contributed by atoms with Gasteiger partial charge in [-0.1, -0.05) is 0 Å². The van der Waals surface area contributed by atoms with Crippen molar-refractivity contribution in [3.63, 3.8) is 0 Å². The number of esters is 1. The van der Waals surface area contributed by atoms with Crippen molar-refractivity contribution in [3.05, 3.63) is 22.2 Å². The van der Waals surface area contributed by atoms with Gasteiger partial charge < -0.3 is 14.6 Å². The van der Waals surface area contributed by atoms with Gasteiger partial charge in [0.2, 0.25) is 5.13 Å². The number of nitrogens with one attached hydrogen (secondary N) is 1. The fraction of sp³-hybridized carbons (Fsp3) is 0.400. The molecule has 2 rings (SSSR count). The second kappa shape index (κ2) is 6.74. The van der Waals surface area contributed by atoms with Gasteiger partial charge in [0, 0.05) is 25.2 Å². The molecule has 1 N–H and O–H groups in total. The zero-order chi connectivity index (χ0) is 16.3. The van der Waals surface area contributed by atoms with Crippen LogP contribution in [0.5, 0.6) is 0 Å². The van der Waals surface area contributed by atoms with E-state index in [0.717, 1.165) is 22.6 Å². The van der Waals surface area contributed by atoms with Crippen molar-refractivity contribution < 1.29 is 9.53 Å². The molecule has 118 valence electrons. The van der Waals surface area contributed by atoms with Crippen molar-refractivity contribution in [2.45, 2.75) is 20.8 Å². The normalized spacial score (nSPS) is 11.1. The lowest BCUT2D eigenvalue weighted by molar-refractivity contribution is 0.0525. The van der Waals surface area contributed by atoms with Crippen LogP contribution in [0.25, 0.3) is 11.4 Å². The molecule has 22 heavy (non-hydrogen) atoms. The summed E-state index contributed by atoms with van der Waals surface area (Å²) in [7, 11) is 3.81. The van der Waals surface area contributed by atoms with E-state index >= 15 is 0 Å². The molecule has 0 fully saturated rings. The van der Waals surface area contributed by atoms with Crippen molar-refractivity contribution in [2.24, 2.45) is 4.99 Å². The number of aliphatic imine (C=N–C) groups is 1. The highest BCUT2D eigenvalue weighted by molar-refractivity contribution is 7.13. The predicted molar refractivity (Wildman–Crippen MR) is 89.2 cm³/mol. The Morgan fingerprint density at radius 3 is 2.86 bits per heavy atom. The topological polar surface area (TPSA) is 70.6 Å². The Balaban J connectivity index is 2.34. The molecule has 0 spiro atoms. The maximum Gasteiger partial charge on any atom is 0.340 e. The molecule has 7 heteroatoms. The number of rotatable bonds is 5. The highest BCUT2D eigenvalue weighted by atomic mass is 32.1. The third-order valence-corrected chi connectivity index (χ3v) is 3.81. The van der Waals surface area contributed by atoms with Gasteiger partial charge in [-0.15, -0.1) is 11.3 Å². The number of ether oxygens (including phenoxy) is 1. The molecule has 0 atom stereocenters. The van der Waals surface area contributed by atoms with Gasteiger partial charge in [-0.3, -0.25) is 0 Å². The summed E-state index contributed by atoms with van der Waals surface area (Å²) in [4.78, 5) is 25.9. The Kier molecular flexibility index (Phi) is 4.97. The zero-order valence-corrected chi connectivity index (χ0v) is 14.2. The molecule has 6 nitrogen and oxygen atoms in total. The standard InChI is InChI=1S/C15H20N4O2S/c1-6-21-14(20)12-9(2)13(17-10(12)3)11-7-22-15(18-11)16-8-19(4)5/h7-8,17H,6H2,1-5H3. The molecule has 2 heterocycles. The van der Waals surface area contributed by atoms with E-state index in [1.165, 1.54) is 11.3 Å². The van der Waals surface area contributed by atoms with E-state index in [1.807, 2.05) is 38.2 Å². The van der Waals surface area contributed by atoms with Crippen LogP contribution < -0.4 is 0 Å². The number of aryl methyl sites for hydroxylation is 1. The van der Waals surface area contributed by atoms with Crippen molar-refractivity contribution in [1.29, 1.82) is 0 Å². The summed E-state index contributed by atoms with van der Waals surface area (Å²) in [5.41, 5.74) is 3.85. The number of nitrogens with zero attached hydrogens (tertiary/aromatic N) is 3. The van der Waals surface area contributed by atoms with E-state index in [-0.39, 0.29) is 5.97 Å². The van der Waals surface area contributed by atoms with Crippen molar-refractivity contribution >= 4 is 28.8 Å². The summed E-state index contributed by atoms with van der Waals surface area (Å²) in [6, 6.07) is 0. The summed E-state index contributed by atoms with van der Waals surface area (Å²) < 4.78 is 5.10. The van der Waals surface area contributed by atoms with Crippen LogP contribution in [0.1, 0.15) is 28.5 Å². The zero-order valence-electron chi connectivity index (χ0n) is 13.4. The molecule has 0 aliphatic carbocycles. The van der Waals surface area contributed by atoms with Gasteiger partial charge in [0.25, 0.3) is 0 Å². The van der Waals surface area contributed by atoms with Crippen LogP contribution in [0, 0.1) is 13.8 Å². The molecule has 0 bridgehead atoms. The van der Waals surface area contributed by atoms with Gasteiger partial charge in [-0.25, -0.2) is 14.8 Å². The summed E-state index contributed by atoms with van der Waals surface area (Å²) in [5.74, 6) is -0.305. The van der Waals surface area contributed by atoms with Crippen LogP contribution in [-0.4, -0.2) is 47.9 Å². The van der Waals surface area contributed by atoms with Crippen molar-refractivity contribution in [3.8, 4) is 11.4 Å². The summed E-state index contributed by atoms with van der Waals surface area (Å²) in [6.45, 7) is 5.91. The molecule has 0 amide bonds. The van der Waals surface area contributed by atoms with Crippen LogP contribution in [0.4, 0.5) is 5.13 Å². The molecule has 0 saturated carbocycles. The Labute approximate surface area is 133 Å². The first-order valence-corrected chi connectivity index (χ1v) is 7.84. The van der Waals surface area contributed by atoms with Gasteiger partial charge in [-0.2, -0.15) is 0 Å². The monoisotopic (exact) mass is 320 g/mol. The number of aromatic nitrogens is 2. The van der Waals surface area contributed by atoms with Gasteiger partial charge in [-0.05, 0) is 26.3 Å². The van der Waals surface area contributed by atoms with Crippen LogP contribution >= 0.6 is 11.3 Å². The van der Waals surface area contributed by atoms with Gasteiger partial charge in [0.05, 0.1) is 24.2 Å². The molecular weight excluding hydrogens is 300 g/mol. The van der Waals surface area contributed by atoms with E-state index in [9.17, 15) is 4.79 Å². The average molecular weight is 320 g/mol. The van der Waals surface area contributed by atoms with E-state index in [2.05, 4.69) is 15.0 Å². The Bertz CT molecular complexity index is 700. The highest BCUT2D eigenvalue weighted by Gasteiger charge is 2.21. The maximum absolute atomic E-state index is 12.0. The Hall–Kier alpha value is -2.15. The molecule has 2 aromatic rings. The Morgan fingerprint density at radius 2 is 2.23 bits per heavy atom. The van der Waals surface area contributed by atoms with E-state index in [1.54, 1.807) is 13.3 Å². The van der Waals surface area contributed by atoms with E-state index in [0.29, 0.717) is 17.3 Å². The highest BCUT2D eigenvalue weighted by Crippen LogP contribution is 2.31. The number of H-pyrrole nitrogens is 1. The minimum absolute atomic E-state index is 0.305. The lowest BCUT2D eigenvalue weighted by atomic mass is 10.1. The summed E-state index contributed by atoms with van der Waals surface area (Å²) in [6.07, 6.45) is 1.71. The predicted octanol–water partition coefficient (Wildman–Crippen LogP) is 3.15. The van der Waals surface area contributed by atoms with Crippen LogP contribution in [0.15, 0.2) is 10.4 Å². The molecule has 0 aliphatic rings. The molecule has 0 radical (unpaired) electrons. The van der Waals surface area contributed by atoms with Crippen LogP contribution in [0.3, 0.4) is 0 Å². The number of carbonyl (C=O) groups excluding carboxylic acids is 1. The molecule has 0 unspecified atom stereocenters. The SMILES string of the molecule is CCOC(=O)c1c(C)[nH]c(-c2csc(N=CN(C)C)n2)c1C. The first-order chi connectivity index (χ1) is 10.4. The minimum atomic E-state index is -0.305. The minimum Gasteiger partial charge on any atom is -0.462 e. The van der Waals surface area contributed by atoms with E-state index in [4.69, 9.17) is 4.74 Å². The second-order valence-corrected chi connectivity index (χ2v) is 5.91. The number of hydrogen-bond acceptors (Lipinski definition) is 5. The quantitative estimate of drug-likeness (QED) is 0.522. The van der Waals surface area contributed by atoms with Crippen LogP contribution in [0.2, 0.25) is 0 Å². The molecule has 2 aromatic heterocycles. The first-order valence-electron chi connectivity index (χ1n) is 6.96. The fourth-order valence-corrected chi connectivity index (χ4v) is 2.77. The fourth-order valence-electron chi connectivity index (χ4n) is 2.12. The van der Waals surface area contributed by atoms with Crippen LogP contribution in [-0.2, 0) is 4.74 Å². The lowest BCUT2D eigenvalue weighted by Gasteiger charge is -2.02. The second-order valence-electron chi connectivity index (χ2n) is 5.07. The van der Waals surface area contributed by atoms with Crippen molar-refractivity contribution in [1.82, 2.24) is 14.9 Å². The number of hydrogen-bond donors (Lipinski definition) is 1. The maximum atomic E-state index is 12.0.